The zero-order valence-corrected chi connectivity index (χ0v) is 10.8. The first-order chi connectivity index (χ1) is 6.99. The minimum atomic E-state index is -0.100. The van der Waals surface area contributed by atoms with Gasteiger partial charge in [0.15, 0.2) is 0 Å². The van der Waals surface area contributed by atoms with E-state index in [-0.39, 0.29) is 18.1 Å². The Balaban J connectivity index is 2.32. The van der Waals surface area contributed by atoms with Gasteiger partial charge in [0.1, 0.15) is 6.04 Å². The van der Waals surface area contributed by atoms with E-state index in [0.717, 1.165) is 13.0 Å². The summed E-state index contributed by atoms with van der Waals surface area (Å²) >= 11 is 1.93. The topological polar surface area (TPSA) is 38.3 Å². The smallest absolute Gasteiger partial charge is 0.323 e. The Hall–Kier alpha value is -0.220. The van der Waals surface area contributed by atoms with Crippen LogP contribution < -0.4 is 5.32 Å². The number of thioether (sulfide) groups is 1. The predicted molar refractivity (Wildman–Crippen MR) is 64.2 cm³/mol. The van der Waals surface area contributed by atoms with E-state index in [1.807, 2.05) is 25.6 Å². The highest BCUT2D eigenvalue weighted by atomic mass is 32.2. The van der Waals surface area contributed by atoms with Crippen LogP contribution in [0.3, 0.4) is 0 Å². The van der Waals surface area contributed by atoms with Crippen LogP contribution in [-0.4, -0.2) is 35.2 Å². The third-order valence-electron chi connectivity index (χ3n) is 2.19. The summed E-state index contributed by atoms with van der Waals surface area (Å²) in [5.41, 5.74) is 0. The second-order valence-corrected chi connectivity index (χ2v) is 6.37. The molecule has 0 aliphatic carbocycles. The molecule has 0 amide bonds. The van der Waals surface area contributed by atoms with Crippen molar-refractivity contribution in [1.29, 1.82) is 0 Å². The average Bonchev–Trinajstić information content (AvgIpc) is 2.50. The van der Waals surface area contributed by atoms with Crippen molar-refractivity contribution >= 4 is 17.7 Å². The fourth-order valence-corrected chi connectivity index (χ4v) is 2.95. The lowest BCUT2D eigenvalue weighted by Gasteiger charge is -2.13. The molecule has 0 aromatic carbocycles. The molecule has 0 radical (unpaired) electrons. The molecule has 0 aromatic rings. The Morgan fingerprint density at radius 2 is 2.07 bits per heavy atom. The van der Waals surface area contributed by atoms with Gasteiger partial charge < -0.3 is 10.1 Å². The molecule has 3 nitrogen and oxygen atoms in total. The quantitative estimate of drug-likeness (QED) is 0.749. The maximum absolute atomic E-state index is 11.6. The monoisotopic (exact) mass is 231 g/mol. The van der Waals surface area contributed by atoms with Crippen molar-refractivity contribution in [3.05, 3.63) is 0 Å². The molecular formula is C11H21NO2S. The summed E-state index contributed by atoms with van der Waals surface area (Å²) in [6.45, 7) is 9.05. The number of hydrogen-bond donors (Lipinski definition) is 1. The summed E-state index contributed by atoms with van der Waals surface area (Å²) in [6, 6.07) is -0.0938. The zero-order chi connectivity index (χ0) is 11.4. The van der Waals surface area contributed by atoms with Crippen LogP contribution in [-0.2, 0) is 9.53 Å². The Labute approximate surface area is 96.3 Å². The number of esters is 1. The van der Waals surface area contributed by atoms with Crippen molar-refractivity contribution in [2.24, 2.45) is 0 Å². The van der Waals surface area contributed by atoms with E-state index in [1.54, 1.807) is 0 Å². The second kappa shape index (κ2) is 5.75. The zero-order valence-electron chi connectivity index (χ0n) is 9.95. The summed E-state index contributed by atoms with van der Waals surface area (Å²) in [7, 11) is 0. The van der Waals surface area contributed by atoms with Gasteiger partial charge in [0.2, 0.25) is 0 Å². The molecule has 0 bridgehead atoms. The molecule has 2 atom stereocenters. The van der Waals surface area contributed by atoms with Crippen molar-refractivity contribution < 1.29 is 9.53 Å². The van der Waals surface area contributed by atoms with Gasteiger partial charge in [-0.2, -0.15) is 11.8 Å². The first kappa shape index (κ1) is 12.8. The van der Waals surface area contributed by atoms with Gasteiger partial charge in [0.05, 0.1) is 6.10 Å². The molecule has 1 rings (SSSR count). The largest absolute Gasteiger partial charge is 0.462 e. The molecule has 1 saturated heterocycles. The molecule has 0 aromatic heterocycles. The Morgan fingerprint density at radius 1 is 1.40 bits per heavy atom. The highest BCUT2D eigenvalue weighted by molar-refractivity contribution is 8.00. The molecule has 15 heavy (non-hydrogen) atoms. The number of nitrogens with one attached hydrogen (secondary N) is 1. The van der Waals surface area contributed by atoms with Gasteiger partial charge in [-0.15, -0.1) is 0 Å². The van der Waals surface area contributed by atoms with Crippen LogP contribution in [0.15, 0.2) is 0 Å². The van der Waals surface area contributed by atoms with Crippen LogP contribution in [0.2, 0.25) is 0 Å². The van der Waals surface area contributed by atoms with Gasteiger partial charge in [0.25, 0.3) is 0 Å². The number of ether oxygens (including phenoxy) is 1. The van der Waals surface area contributed by atoms with Gasteiger partial charge in [-0.3, -0.25) is 4.79 Å². The molecular weight excluding hydrogens is 210 g/mol. The molecule has 0 spiro atoms. The first-order valence-electron chi connectivity index (χ1n) is 5.58. The SMILES string of the molecule is CC(C)OC(=O)C1CC(SC(C)C)CN1. The third kappa shape index (κ3) is 4.43. The third-order valence-corrected chi connectivity index (χ3v) is 3.48. The van der Waals surface area contributed by atoms with Gasteiger partial charge in [-0.25, -0.2) is 0 Å². The number of carbonyl (C=O) groups is 1. The molecule has 1 N–H and O–H groups in total. The van der Waals surface area contributed by atoms with Crippen LogP contribution in [0.5, 0.6) is 0 Å². The van der Waals surface area contributed by atoms with E-state index in [1.165, 1.54) is 0 Å². The van der Waals surface area contributed by atoms with Crippen molar-refractivity contribution in [2.45, 2.75) is 56.8 Å². The Morgan fingerprint density at radius 3 is 2.60 bits per heavy atom. The maximum atomic E-state index is 11.6. The van der Waals surface area contributed by atoms with E-state index in [9.17, 15) is 4.79 Å². The van der Waals surface area contributed by atoms with Gasteiger partial charge in [-0.1, -0.05) is 13.8 Å². The minimum absolute atomic E-state index is 0.0175. The fraction of sp³-hybridized carbons (Fsp3) is 0.909. The van der Waals surface area contributed by atoms with E-state index < -0.39 is 0 Å². The van der Waals surface area contributed by atoms with Gasteiger partial charge in [-0.05, 0) is 25.5 Å². The number of rotatable bonds is 4. The number of hydrogen-bond acceptors (Lipinski definition) is 4. The summed E-state index contributed by atoms with van der Waals surface area (Å²) in [6.07, 6.45) is 0.880. The average molecular weight is 231 g/mol. The van der Waals surface area contributed by atoms with Crippen LogP contribution in [0.4, 0.5) is 0 Å². The molecule has 88 valence electrons. The minimum Gasteiger partial charge on any atom is -0.462 e. The van der Waals surface area contributed by atoms with E-state index in [0.29, 0.717) is 10.5 Å². The fourth-order valence-electron chi connectivity index (χ4n) is 1.69. The van der Waals surface area contributed by atoms with Crippen LogP contribution in [0.1, 0.15) is 34.1 Å². The van der Waals surface area contributed by atoms with Crippen molar-refractivity contribution in [3.63, 3.8) is 0 Å². The molecule has 1 heterocycles. The van der Waals surface area contributed by atoms with E-state index >= 15 is 0 Å². The van der Waals surface area contributed by atoms with Crippen molar-refractivity contribution in [3.8, 4) is 0 Å². The highest BCUT2D eigenvalue weighted by Crippen LogP contribution is 2.25. The molecule has 1 aliphatic rings. The summed E-state index contributed by atoms with van der Waals surface area (Å²) in [5.74, 6) is -0.100. The number of carbonyl (C=O) groups excluding carboxylic acids is 1. The summed E-state index contributed by atoms with van der Waals surface area (Å²) in [5, 5.41) is 4.39. The maximum Gasteiger partial charge on any atom is 0.323 e. The Kier molecular flexibility index (Phi) is 4.93. The van der Waals surface area contributed by atoms with Crippen molar-refractivity contribution in [2.75, 3.05) is 6.54 Å². The molecule has 4 heteroatoms. The van der Waals surface area contributed by atoms with E-state index in [4.69, 9.17) is 4.74 Å². The van der Waals surface area contributed by atoms with Gasteiger partial charge in [0, 0.05) is 11.8 Å². The summed E-state index contributed by atoms with van der Waals surface area (Å²) in [4.78, 5) is 11.6. The second-order valence-electron chi connectivity index (χ2n) is 4.49. The predicted octanol–water partition coefficient (Wildman–Crippen LogP) is 1.81. The van der Waals surface area contributed by atoms with Crippen LogP contribution >= 0.6 is 11.8 Å². The lowest BCUT2D eigenvalue weighted by atomic mass is 10.2. The van der Waals surface area contributed by atoms with Gasteiger partial charge >= 0.3 is 5.97 Å². The van der Waals surface area contributed by atoms with E-state index in [2.05, 4.69) is 19.2 Å². The molecule has 0 saturated carbocycles. The van der Waals surface area contributed by atoms with Crippen molar-refractivity contribution in [1.82, 2.24) is 5.32 Å². The van der Waals surface area contributed by atoms with Crippen LogP contribution in [0.25, 0.3) is 0 Å². The standard InChI is InChI=1S/C11H21NO2S/c1-7(2)14-11(13)10-5-9(6-12-10)15-8(3)4/h7-10,12H,5-6H2,1-4H3. The first-order valence-corrected chi connectivity index (χ1v) is 6.52. The lowest BCUT2D eigenvalue weighted by Crippen LogP contribution is -2.33. The Bertz CT molecular complexity index is 219. The highest BCUT2D eigenvalue weighted by Gasteiger charge is 2.31. The van der Waals surface area contributed by atoms with Crippen LogP contribution in [0, 0.1) is 0 Å². The molecule has 2 unspecified atom stereocenters. The normalized spacial score (nSPS) is 26.3. The molecule has 1 aliphatic heterocycles. The summed E-state index contributed by atoms with van der Waals surface area (Å²) < 4.78 is 5.18. The lowest BCUT2D eigenvalue weighted by molar-refractivity contribution is -0.149. The molecule has 1 fully saturated rings.